The molecule has 2 aliphatic rings. The molecular formula is C23H23N3O3S. The topological polar surface area (TPSA) is 57.8 Å². The van der Waals surface area contributed by atoms with Crippen LogP contribution in [0.25, 0.3) is 10.9 Å². The van der Waals surface area contributed by atoms with Crippen molar-refractivity contribution in [2.45, 2.75) is 25.4 Å². The van der Waals surface area contributed by atoms with E-state index < -0.39 is 0 Å². The standard InChI is InChI=1S/C23H23N3O3S/c1-4-25-22(27)18-12-16-14-7-5-6-8-17(14)24-20(16)21(26(18)23(25)30)15-10-9-13(28-2)11-19(15)29-3/h5-11,18,21,24H,4,12H2,1-3H3/t18-,21+/m1/s1. The Hall–Kier alpha value is -3.06. The number of hydrogen-bond donors (Lipinski definition) is 1. The number of aromatic amines is 1. The largest absolute Gasteiger partial charge is 0.497 e. The van der Waals surface area contributed by atoms with Gasteiger partial charge in [0.1, 0.15) is 23.6 Å². The maximum absolute atomic E-state index is 13.2. The molecular weight excluding hydrogens is 398 g/mol. The number of thiocarbonyl (C=S) groups is 1. The number of likely N-dealkylation sites (N-methyl/N-ethyl adjacent to an activating group) is 1. The van der Waals surface area contributed by atoms with Gasteiger partial charge in [-0.1, -0.05) is 18.2 Å². The maximum atomic E-state index is 13.2. The minimum absolute atomic E-state index is 0.0657. The Labute approximate surface area is 180 Å². The van der Waals surface area contributed by atoms with Crippen LogP contribution in [0.1, 0.15) is 29.8 Å². The molecule has 0 spiro atoms. The summed E-state index contributed by atoms with van der Waals surface area (Å²) in [7, 11) is 3.28. The van der Waals surface area contributed by atoms with E-state index in [0.717, 1.165) is 27.9 Å². The molecule has 0 bridgehead atoms. The molecule has 1 N–H and O–H groups in total. The van der Waals surface area contributed by atoms with Gasteiger partial charge in [-0.3, -0.25) is 9.69 Å². The first-order chi connectivity index (χ1) is 14.6. The third-order valence-corrected chi connectivity index (χ3v) is 6.62. The van der Waals surface area contributed by atoms with Gasteiger partial charge in [-0.15, -0.1) is 0 Å². The monoisotopic (exact) mass is 421 g/mol. The number of hydrogen-bond acceptors (Lipinski definition) is 4. The number of ether oxygens (including phenoxy) is 2. The average Bonchev–Trinajstić information content (AvgIpc) is 3.26. The lowest BCUT2D eigenvalue weighted by atomic mass is 9.88. The van der Waals surface area contributed by atoms with Crippen molar-refractivity contribution in [1.82, 2.24) is 14.8 Å². The van der Waals surface area contributed by atoms with Gasteiger partial charge in [0.15, 0.2) is 5.11 Å². The molecule has 1 aromatic heterocycles. The van der Waals surface area contributed by atoms with E-state index in [1.165, 1.54) is 5.56 Å². The van der Waals surface area contributed by atoms with E-state index in [1.54, 1.807) is 19.1 Å². The summed E-state index contributed by atoms with van der Waals surface area (Å²) in [6.07, 6.45) is 0.629. The molecule has 1 amide bonds. The SMILES string of the molecule is CCN1C(=O)[C@H]2Cc3c([nH]c4ccccc34)[C@H](c3ccc(OC)cc3OC)N2C1=S. The molecule has 0 radical (unpaired) electrons. The van der Waals surface area contributed by atoms with Crippen LogP contribution in [-0.4, -0.2) is 52.6 Å². The molecule has 154 valence electrons. The molecule has 0 saturated carbocycles. The number of methoxy groups -OCH3 is 2. The quantitative estimate of drug-likeness (QED) is 0.652. The average molecular weight is 422 g/mol. The normalized spacial score (nSPS) is 20.5. The van der Waals surface area contributed by atoms with Gasteiger partial charge in [-0.25, -0.2) is 0 Å². The van der Waals surface area contributed by atoms with E-state index in [4.69, 9.17) is 21.7 Å². The summed E-state index contributed by atoms with van der Waals surface area (Å²) >= 11 is 5.78. The molecule has 0 unspecified atom stereocenters. The number of nitrogens with one attached hydrogen (secondary N) is 1. The Morgan fingerprint density at radius 2 is 1.97 bits per heavy atom. The van der Waals surface area contributed by atoms with Crippen molar-refractivity contribution in [2.75, 3.05) is 20.8 Å². The van der Waals surface area contributed by atoms with E-state index in [9.17, 15) is 4.79 Å². The zero-order chi connectivity index (χ0) is 21.0. The number of aromatic nitrogens is 1. The van der Waals surface area contributed by atoms with Crippen molar-refractivity contribution in [3.63, 3.8) is 0 Å². The highest BCUT2D eigenvalue weighted by Gasteiger charge is 2.50. The molecule has 2 atom stereocenters. The molecule has 1 fully saturated rings. The van der Waals surface area contributed by atoms with Gasteiger partial charge in [0.05, 0.1) is 14.2 Å². The van der Waals surface area contributed by atoms with Crippen molar-refractivity contribution in [3.8, 4) is 11.5 Å². The Morgan fingerprint density at radius 3 is 2.70 bits per heavy atom. The Balaban J connectivity index is 1.77. The first kappa shape index (κ1) is 18.9. The van der Waals surface area contributed by atoms with Gasteiger partial charge in [0.2, 0.25) is 0 Å². The first-order valence-corrected chi connectivity index (χ1v) is 10.4. The number of benzene rings is 2. The Kier molecular flexibility index (Phi) is 4.43. The lowest BCUT2D eigenvalue weighted by Crippen LogP contribution is -2.44. The highest BCUT2D eigenvalue weighted by molar-refractivity contribution is 7.80. The second kappa shape index (κ2) is 7.02. The zero-order valence-corrected chi connectivity index (χ0v) is 18.0. The number of amides is 1. The summed E-state index contributed by atoms with van der Waals surface area (Å²) in [5.74, 6) is 1.49. The molecule has 7 heteroatoms. The number of para-hydroxylation sites is 1. The summed E-state index contributed by atoms with van der Waals surface area (Å²) in [6, 6.07) is 13.5. The molecule has 3 heterocycles. The fourth-order valence-electron chi connectivity index (χ4n) is 4.79. The van der Waals surface area contributed by atoms with Crippen molar-refractivity contribution < 1.29 is 14.3 Å². The molecule has 5 rings (SSSR count). The number of nitrogens with zero attached hydrogens (tertiary/aromatic N) is 2. The number of carbonyl (C=O) groups is 1. The first-order valence-electron chi connectivity index (χ1n) is 10.0. The number of H-pyrrole nitrogens is 1. The van der Waals surface area contributed by atoms with Crippen LogP contribution in [0.4, 0.5) is 0 Å². The lowest BCUT2D eigenvalue weighted by Gasteiger charge is -2.38. The zero-order valence-electron chi connectivity index (χ0n) is 17.1. The van der Waals surface area contributed by atoms with Crippen LogP contribution in [-0.2, 0) is 11.2 Å². The van der Waals surface area contributed by atoms with Crippen LogP contribution in [0.3, 0.4) is 0 Å². The molecule has 0 aliphatic carbocycles. The minimum atomic E-state index is -0.319. The Bertz CT molecular complexity index is 1170. The van der Waals surface area contributed by atoms with Crippen LogP contribution in [0.2, 0.25) is 0 Å². The Morgan fingerprint density at radius 1 is 1.17 bits per heavy atom. The van der Waals surface area contributed by atoms with Crippen LogP contribution < -0.4 is 9.47 Å². The van der Waals surface area contributed by atoms with Crippen molar-refractivity contribution in [1.29, 1.82) is 0 Å². The van der Waals surface area contributed by atoms with Gasteiger partial charge >= 0.3 is 0 Å². The molecule has 30 heavy (non-hydrogen) atoms. The van der Waals surface area contributed by atoms with E-state index in [0.29, 0.717) is 23.8 Å². The van der Waals surface area contributed by atoms with Crippen LogP contribution >= 0.6 is 12.2 Å². The van der Waals surface area contributed by atoms with Gasteiger partial charge in [-0.05, 0) is 42.9 Å². The fourth-order valence-corrected chi connectivity index (χ4v) is 5.24. The number of rotatable bonds is 4. The maximum Gasteiger partial charge on any atom is 0.251 e. The lowest BCUT2D eigenvalue weighted by molar-refractivity contribution is -0.128. The van der Waals surface area contributed by atoms with Crippen molar-refractivity contribution in [3.05, 3.63) is 59.3 Å². The van der Waals surface area contributed by atoms with Crippen molar-refractivity contribution >= 4 is 34.1 Å². The minimum Gasteiger partial charge on any atom is -0.497 e. The van der Waals surface area contributed by atoms with Crippen LogP contribution in [0.15, 0.2) is 42.5 Å². The molecule has 2 aromatic carbocycles. The van der Waals surface area contributed by atoms with Crippen LogP contribution in [0, 0.1) is 0 Å². The van der Waals surface area contributed by atoms with Crippen molar-refractivity contribution in [2.24, 2.45) is 0 Å². The molecule has 2 aliphatic heterocycles. The fraction of sp³-hybridized carbons (Fsp3) is 0.304. The predicted molar refractivity (Wildman–Crippen MR) is 119 cm³/mol. The van der Waals surface area contributed by atoms with Gasteiger partial charge in [0, 0.05) is 41.2 Å². The smallest absolute Gasteiger partial charge is 0.251 e. The number of carbonyl (C=O) groups excluding carboxylic acids is 1. The van der Waals surface area contributed by atoms with E-state index in [-0.39, 0.29) is 18.0 Å². The summed E-state index contributed by atoms with van der Waals surface area (Å²) in [4.78, 5) is 20.6. The van der Waals surface area contributed by atoms with E-state index in [1.807, 2.05) is 37.3 Å². The predicted octanol–water partition coefficient (Wildman–Crippen LogP) is 3.65. The van der Waals surface area contributed by atoms with Gasteiger partial charge in [-0.2, -0.15) is 0 Å². The molecule has 3 aromatic rings. The summed E-state index contributed by atoms with van der Waals surface area (Å²) in [5.41, 5.74) is 4.24. The molecule has 1 saturated heterocycles. The van der Waals surface area contributed by atoms with Gasteiger partial charge in [0.25, 0.3) is 5.91 Å². The molecule has 6 nitrogen and oxygen atoms in total. The highest BCUT2D eigenvalue weighted by atomic mass is 32.1. The van der Waals surface area contributed by atoms with E-state index >= 15 is 0 Å². The third-order valence-electron chi connectivity index (χ3n) is 6.19. The third kappa shape index (κ3) is 2.55. The highest BCUT2D eigenvalue weighted by Crippen LogP contribution is 2.46. The van der Waals surface area contributed by atoms with Gasteiger partial charge < -0.3 is 19.4 Å². The van der Waals surface area contributed by atoms with E-state index in [2.05, 4.69) is 22.0 Å². The summed E-state index contributed by atoms with van der Waals surface area (Å²) < 4.78 is 11.1. The second-order valence-corrected chi connectivity index (χ2v) is 7.93. The second-order valence-electron chi connectivity index (χ2n) is 7.57. The van der Waals surface area contributed by atoms with Crippen LogP contribution in [0.5, 0.6) is 11.5 Å². The summed E-state index contributed by atoms with van der Waals surface area (Å²) in [6.45, 7) is 2.52. The number of fused-ring (bicyclic) bond motifs is 4. The summed E-state index contributed by atoms with van der Waals surface area (Å²) in [5, 5.41) is 1.72.